The second-order valence-corrected chi connectivity index (χ2v) is 10.1. The SMILES string of the molecule is COc1ccc2[nH]cc(C3CCN(CCS(=O)(=O)c4ccc(Cl)cc4)CC3)c2c1. The van der Waals surface area contributed by atoms with E-state index in [0.29, 0.717) is 22.4 Å². The lowest BCUT2D eigenvalue weighted by Gasteiger charge is -2.31. The Balaban J connectivity index is 1.37. The predicted octanol–water partition coefficient (Wildman–Crippen LogP) is 4.48. The maximum atomic E-state index is 12.6. The maximum Gasteiger partial charge on any atom is 0.179 e. The fourth-order valence-electron chi connectivity index (χ4n) is 4.06. The lowest BCUT2D eigenvalue weighted by Crippen LogP contribution is -2.36. The highest BCUT2D eigenvalue weighted by Gasteiger charge is 2.24. The van der Waals surface area contributed by atoms with Crippen molar-refractivity contribution in [1.82, 2.24) is 9.88 Å². The number of fused-ring (bicyclic) bond motifs is 1. The van der Waals surface area contributed by atoms with Crippen LogP contribution < -0.4 is 4.74 Å². The molecule has 7 heteroatoms. The molecule has 0 bridgehead atoms. The molecule has 0 amide bonds. The molecule has 0 unspecified atom stereocenters. The van der Waals surface area contributed by atoms with Gasteiger partial charge < -0.3 is 14.6 Å². The van der Waals surface area contributed by atoms with Gasteiger partial charge in [-0.15, -0.1) is 0 Å². The van der Waals surface area contributed by atoms with Crippen molar-refractivity contribution in [2.75, 3.05) is 32.5 Å². The molecular weight excluding hydrogens is 408 g/mol. The summed E-state index contributed by atoms with van der Waals surface area (Å²) in [6, 6.07) is 12.5. The van der Waals surface area contributed by atoms with Crippen LogP contribution in [0.2, 0.25) is 5.02 Å². The standard InChI is InChI=1S/C22H25ClN2O3S/c1-28-18-4-7-22-20(14-18)21(15-24-22)16-8-10-25(11-9-16)12-13-29(26,27)19-5-2-17(23)3-6-19/h2-7,14-16,24H,8-13H2,1H3. The highest BCUT2D eigenvalue weighted by Crippen LogP contribution is 2.34. The average Bonchev–Trinajstić information content (AvgIpc) is 3.16. The van der Waals surface area contributed by atoms with Crippen molar-refractivity contribution in [3.05, 3.63) is 59.2 Å². The lowest BCUT2D eigenvalue weighted by molar-refractivity contribution is 0.223. The van der Waals surface area contributed by atoms with Gasteiger partial charge in [0, 0.05) is 28.7 Å². The molecule has 154 valence electrons. The van der Waals surface area contributed by atoms with Crippen LogP contribution in [0.25, 0.3) is 10.9 Å². The number of rotatable bonds is 6. The Morgan fingerprint density at radius 1 is 1.14 bits per heavy atom. The Labute approximate surface area is 176 Å². The molecule has 0 atom stereocenters. The van der Waals surface area contributed by atoms with Crippen LogP contribution in [0.3, 0.4) is 0 Å². The van der Waals surface area contributed by atoms with Crippen LogP contribution in [0.15, 0.2) is 53.6 Å². The van der Waals surface area contributed by atoms with Gasteiger partial charge in [0.05, 0.1) is 17.8 Å². The number of methoxy groups -OCH3 is 1. The molecule has 4 rings (SSSR count). The number of aromatic nitrogens is 1. The van der Waals surface area contributed by atoms with Crippen LogP contribution in [-0.4, -0.2) is 50.8 Å². The summed E-state index contributed by atoms with van der Waals surface area (Å²) < 4.78 is 30.5. The number of piperidine rings is 1. The Hall–Kier alpha value is -2.02. The molecule has 3 aromatic rings. The summed E-state index contributed by atoms with van der Waals surface area (Å²) in [5.74, 6) is 1.46. The molecule has 0 radical (unpaired) electrons. The number of H-pyrrole nitrogens is 1. The second-order valence-electron chi connectivity index (χ2n) is 7.54. The van der Waals surface area contributed by atoms with Crippen LogP contribution in [0, 0.1) is 0 Å². The summed E-state index contributed by atoms with van der Waals surface area (Å²) in [5, 5.41) is 1.76. The first kappa shape index (κ1) is 20.3. The zero-order valence-electron chi connectivity index (χ0n) is 16.4. The molecule has 5 nitrogen and oxygen atoms in total. The number of hydrogen-bond acceptors (Lipinski definition) is 4. The van der Waals surface area contributed by atoms with E-state index in [2.05, 4.69) is 28.2 Å². The highest BCUT2D eigenvalue weighted by molar-refractivity contribution is 7.91. The van der Waals surface area contributed by atoms with Crippen LogP contribution in [0.5, 0.6) is 5.75 Å². The number of hydrogen-bond donors (Lipinski definition) is 1. The highest BCUT2D eigenvalue weighted by atomic mass is 35.5. The van der Waals surface area contributed by atoms with Crippen molar-refractivity contribution >= 4 is 32.3 Å². The van der Waals surface area contributed by atoms with Crippen molar-refractivity contribution < 1.29 is 13.2 Å². The first-order chi connectivity index (χ1) is 14.0. The Morgan fingerprint density at radius 2 is 1.86 bits per heavy atom. The van der Waals surface area contributed by atoms with Gasteiger partial charge in [0.25, 0.3) is 0 Å². The van der Waals surface area contributed by atoms with Gasteiger partial charge in [0.2, 0.25) is 0 Å². The Bertz CT molecular complexity index is 1080. The van der Waals surface area contributed by atoms with E-state index in [4.69, 9.17) is 16.3 Å². The van der Waals surface area contributed by atoms with Gasteiger partial charge in [-0.3, -0.25) is 0 Å². The molecule has 1 aliphatic rings. The molecule has 2 heterocycles. The molecule has 29 heavy (non-hydrogen) atoms. The van der Waals surface area contributed by atoms with Crippen molar-refractivity contribution in [2.24, 2.45) is 0 Å². The molecule has 0 saturated carbocycles. The number of ether oxygens (including phenoxy) is 1. The van der Waals surface area contributed by atoms with E-state index in [0.717, 1.165) is 37.2 Å². The predicted molar refractivity (Wildman–Crippen MR) is 117 cm³/mol. The topological polar surface area (TPSA) is 62.4 Å². The number of benzene rings is 2. The molecule has 0 aliphatic carbocycles. The smallest absolute Gasteiger partial charge is 0.179 e. The minimum absolute atomic E-state index is 0.129. The van der Waals surface area contributed by atoms with Gasteiger partial charge in [0.15, 0.2) is 9.84 Å². The lowest BCUT2D eigenvalue weighted by atomic mass is 9.89. The minimum atomic E-state index is -3.29. The van der Waals surface area contributed by atoms with Gasteiger partial charge in [-0.25, -0.2) is 8.42 Å². The third-order valence-electron chi connectivity index (χ3n) is 5.80. The Kier molecular flexibility index (Phi) is 5.86. The van der Waals surface area contributed by atoms with E-state index in [9.17, 15) is 8.42 Å². The van der Waals surface area contributed by atoms with Gasteiger partial charge in [-0.1, -0.05) is 11.6 Å². The molecule has 0 spiro atoms. The summed E-state index contributed by atoms with van der Waals surface area (Å²) >= 11 is 5.86. The monoisotopic (exact) mass is 432 g/mol. The Morgan fingerprint density at radius 3 is 2.55 bits per heavy atom. The van der Waals surface area contributed by atoms with E-state index < -0.39 is 9.84 Å². The maximum absolute atomic E-state index is 12.6. The molecule has 1 aliphatic heterocycles. The van der Waals surface area contributed by atoms with E-state index in [1.165, 1.54) is 10.9 Å². The summed E-state index contributed by atoms with van der Waals surface area (Å²) in [6.07, 6.45) is 4.14. The zero-order valence-corrected chi connectivity index (χ0v) is 18.0. The van der Waals surface area contributed by atoms with E-state index in [1.807, 2.05) is 6.07 Å². The third kappa shape index (κ3) is 4.44. The zero-order chi connectivity index (χ0) is 20.4. The number of aromatic amines is 1. The van der Waals surface area contributed by atoms with Crippen molar-refractivity contribution in [1.29, 1.82) is 0 Å². The number of halogens is 1. The van der Waals surface area contributed by atoms with E-state index >= 15 is 0 Å². The molecule has 2 aromatic carbocycles. The van der Waals surface area contributed by atoms with E-state index in [1.54, 1.807) is 31.4 Å². The molecule has 1 aromatic heterocycles. The molecular formula is C22H25ClN2O3S. The van der Waals surface area contributed by atoms with Crippen LogP contribution in [-0.2, 0) is 9.84 Å². The van der Waals surface area contributed by atoms with Gasteiger partial charge in [-0.05, 0) is 79.9 Å². The largest absolute Gasteiger partial charge is 0.497 e. The van der Waals surface area contributed by atoms with Gasteiger partial charge >= 0.3 is 0 Å². The minimum Gasteiger partial charge on any atom is -0.497 e. The molecule has 1 N–H and O–H groups in total. The third-order valence-corrected chi connectivity index (χ3v) is 7.76. The first-order valence-corrected chi connectivity index (χ1v) is 11.8. The van der Waals surface area contributed by atoms with Crippen molar-refractivity contribution in [3.8, 4) is 5.75 Å². The second kappa shape index (κ2) is 8.38. The fourth-order valence-corrected chi connectivity index (χ4v) is 5.47. The summed E-state index contributed by atoms with van der Waals surface area (Å²) in [7, 11) is -1.60. The summed E-state index contributed by atoms with van der Waals surface area (Å²) in [6.45, 7) is 2.36. The number of sulfone groups is 1. The fraction of sp³-hybridized carbons (Fsp3) is 0.364. The normalized spacial score (nSPS) is 16.3. The summed E-state index contributed by atoms with van der Waals surface area (Å²) in [4.78, 5) is 5.94. The number of nitrogens with zero attached hydrogens (tertiary/aromatic N) is 1. The van der Waals surface area contributed by atoms with Crippen LogP contribution in [0.4, 0.5) is 0 Å². The molecule has 1 saturated heterocycles. The van der Waals surface area contributed by atoms with E-state index in [-0.39, 0.29) is 5.75 Å². The van der Waals surface area contributed by atoms with Gasteiger partial charge in [0.1, 0.15) is 5.75 Å². The average molecular weight is 433 g/mol. The quantitative estimate of drug-likeness (QED) is 0.623. The summed E-state index contributed by atoms with van der Waals surface area (Å²) in [5.41, 5.74) is 2.45. The van der Waals surface area contributed by atoms with Crippen LogP contribution in [0.1, 0.15) is 24.3 Å². The number of likely N-dealkylation sites (tertiary alicyclic amines) is 1. The van der Waals surface area contributed by atoms with Crippen molar-refractivity contribution in [3.63, 3.8) is 0 Å². The van der Waals surface area contributed by atoms with Crippen LogP contribution >= 0.6 is 11.6 Å². The number of nitrogens with one attached hydrogen (secondary N) is 1. The van der Waals surface area contributed by atoms with Crippen molar-refractivity contribution in [2.45, 2.75) is 23.7 Å². The van der Waals surface area contributed by atoms with Gasteiger partial charge in [-0.2, -0.15) is 0 Å². The molecule has 1 fully saturated rings. The first-order valence-electron chi connectivity index (χ1n) is 9.82.